The fourth-order valence-corrected chi connectivity index (χ4v) is 4.04. The molecule has 92 valence electrons. The number of nitrogens with two attached hydrogens (primary N) is 1. The van der Waals surface area contributed by atoms with Gasteiger partial charge in [-0.05, 0) is 35.8 Å². The molecule has 0 saturated carbocycles. The highest BCUT2D eigenvalue weighted by Gasteiger charge is 2.15. The number of thiophene rings is 1. The lowest BCUT2D eigenvalue weighted by Crippen LogP contribution is -2.28. The number of hydrogen-bond donors (Lipinski definition) is 2. The molecule has 1 unspecified atom stereocenters. The summed E-state index contributed by atoms with van der Waals surface area (Å²) in [5.74, 6) is 5.62. The zero-order valence-electron chi connectivity index (χ0n) is 9.66. The van der Waals surface area contributed by atoms with Crippen LogP contribution < -0.4 is 11.3 Å². The van der Waals surface area contributed by atoms with Gasteiger partial charge in [-0.3, -0.25) is 11.3 Å². The lowest BCUT2D eigenvalue weighted by molar-refractivity contribution is 0.559. The summed E-state index contributed by atoms with van der Waals surface area (Å²) < 4.78 is 1.10. The number of hydrazine groups is 1. The van der Waals surface area contributed by atoms with Gasteiger partial charge >= 0.3 is 0 Å². The first-order valence-corrected chi connectivity index (χ1v) is 7.72. The van der Waals surface area contributed by atoms with Crippen LogP contribution in [0.15, 0.2) is 15.9 Å². The zero-order chi connectivity index (χ0) is 12.4. The fourth-order valence-electron chi connectivity index (χ4n) is 1.55. The van der Waals surface area contributed by atoms with Crippen molar-refractivity contribution in [1.29, 1.82) is 0 Å². The number of aromatic nitrogens is 1. The van der Waals surface area contributed by atoms with Crippen LogP contribution in [0.4, 0.5) is 0 Å². The van der Waals surface area contributed by atoms with Gasteiger partial charge in [0, 0.05) is 26.0 Å². The first-order chi connectivity index (χ1) is 8.10. The van der Waals surface area contributed by atoms with E-state index in [1.807, 2.05) is 6.92 Å². The molecule has 2 rings (SSSR count). The molecular formula is C11H14BrN3S2. The molecule has 2 heterocycles. The Bertz CT molecular complexity index is 487. The molecule has 2 aromatic rings. The summed E-state index contributed by atoms with van der Waals surface area (Å²) in [5.41, 5.74) is 3.98. The molecule has 0 bridgehead atoms. The second-order valence-corrected chi connectivity index (χ2v) is 6.99. The summed E-state index contributed by atoms with van der Waals surface area (Å²) in [6, 6.07) is 2.24. The van der Waals surface area contributed by atoms with E-state index in [0.717, 1.165) is 21.6 Å². The molecule has 6 heteroatoms. The van der Waals surface area contributed by atoms with Crippen LogP contribution in [-0.4, -0.2) is 4.98 Å². The summed E-state index contributed by atoms with van der Waals surface area (Å²) in [4.78, 5) is 7.05. The van der Waals surface area contributed by atoms with Gasteiger partial charge in [-0.25, -0.2) is 4.98 Å². The summed E-state index contributed by atoms with van der Waals surface area (Å²) in [6.07, 6.45) is 0.836. The van der Waals surface area contributed by atoms with E-state index in [0.29, 0.717) is 0 Å². The minimum absolute atomic E-state index is 0.135. The van der Waals surface area contributed by atoms with Gasteiger partial charge in [-0.15, -0.1) is 22.7 Å². The highest BCUT2D eigenvalue weighted by atomic mass is 79.9. The third kappa shape index (κ3) is 3.14. The molecule has 0 saturated heterocycles. The molecule has 0 aliphatic heterocycles. The van der Waals surface area contributed by atoms with Gasteiger partial charge in [-0.1, -0.05) is 0 Å². The van der Waals surface area contributed by atoms with Gasteiger partial charge in [0.25, 0.3) is 0 Å². The van der Waals surface area contributed by atoms with E-state index < -0.39 is 0 Å². The van der Waals surface area contributed by atoms with E-state index in [1.165, 1.54) is 9.75 Å². The molecule has 2 aromatic heterocycles. The molecule has 17 heavy (non-hydrogen) atoms. The molecule has 1 atom stereocenters. The van der Waals surface area contributed by atoms with Crippen molar-refractivity contribution in [2.45, 2.75) is 26.3 Å². The number of nitrogens with zero attached hydrogens (tertiary/aromatic N) is 1. The first-order valence-electron chi connectivity index (χ1n) is 5.23. The predicted molar refractivity (Wildman–Crippen MR) is 77.4 cm³/mol. The lowest BCUT2D eigenvalue weighted by Gasteiger charge is -2.11. The first kappa shape index (κ1) is 13.2. The summed E-state index contributed by atoms with van der Waals surface area (Å²) in [6.45, 7) is 4.14. The van der Waals surface area contributed by atoms with Gasteiger partial charge in [0.1, 0.15) is 0 Å². The Kier molecular flexibility index (Phi) is 4.32. The van der Waals surface area contributed by atoms with Crippen molar-refractivity contribution in [2.75, 3.05) is 0 Å². The third-order valence-corrected chi connectivity index (χ3v) is 5.49. The van der Waals surface area contributed by atoms with Crippen LogP contribution >= 0.6 is 38.6 Å². The van der Waals surface area contributed by atoms with Crippen LogP contribution in [0.25, 0.3) is 0 Å². The maximum absolute atomic E-state index is 5.62. The standard InChI is InChI=1S/C11H14BrN3S2/c1-6-7(2)17-11(14-6)4-9(15-13)10-3-8(12)5-16-10/h3,5,9,15H,4,13H2,1-2H3. The van der Waals surface area contributed by atoms with Crippen LogP contribution in [0.1, 0.15) is 26.5 Å². The Morgan fingerprint density at radius 3 is 2.76 bits per heavy atom. The Morgan fingerprint density at radius 2 is 2.29 bits per heavy atom. The Hall–Kier alpha value is -0.270. The molecule has 0 radical (unpaired) electrons. The molecule has 0 aliphatic carbocycles. The van der Waals surface area contributed by atoms with E-state index in [9.17, 15) is 0 Å². The summed E-state index contributed by atoms with van der Waals surface area (Å²) in [5, 5.41) is 3.20. The number of halogens is 1. The molecule has 0 amide bonds. The van der Waals surface area contributed by atoms with Crippen LogP contribution in [0.2, 0.25) is 0 Å². The maximum atomic E-state index is 5.62. The van der Waals surface area contributed by atoms with Crippen molar-refractivity contribution < 1.29 is 0 Å². The monoisotopic (exact) mass is 331 g/mol. The van der Waals surface area contributed by atoms with Crippen LogP contribution in [0, 0.1) is 13.8 Å². The molecular weight excluding hydrogens is 318 g/mol. The van der Waals surface area contributed by atoms with E-state index in [1.54, 1.807) is 22.7 Å². The highest BCUT2D eigenvalue weighted by molar-refractivity contribution is 9.10. The smallest absolute Gasteiger partial charge is 0.0950 e. The van der Waals surface area contributed by atoms with Crippen molar-refractivity contribution in [3.8, 4) is 0 Å². The quantitative estimate of drug-likeness (QED) is 0.667. The van der Waals surface area contributed by atoms with Crippen LogP contribution in [0.5, 0.6) is 0 Å². The minimum atomic E-state index is 0.135. The average Bonchev–Trinajstić information content (AvgIpc) is 2.83. The average molecular weight is 332 g/mol. The zero-order valence-corrected chi connectivity index (χ0v) is 12.9. The second kappa shape index (κ2) is 5.58. The van der Waals surface area contributed by atoms with Gasteiger partial charge in [-0.2, -0.15) is 0 Å². The lowest BCUT2D eigenvalue weighted by atomic mass is 10.2. The van der Waals surface area contributed by atoms with Crippen molar-refractivity contribution >= 4 is 38.6 Å². The van der Waals surface area contributed by atoms with Crippen molar-refractivity contribution in [1.82, 2.24) is 10.4 Å². The number of hydrogen-bond acceptors (Lipinski definition) is 5. The SMILES string of the molecule is Cc1nc(CC(NN)c2cc(Br)cs2)sc1C. The normalized spacial score (nSPS) is 12.9. The number of thiazole rings is 1. The van der Waals surface area contributed by atoms with E-state index in [2.05, 4.69) is 44.7 Å². The molecule has 0 fully saturated rings. The maximum Gasteiger partial charge on any atom is 0.0950 e. The largest absolute Gasteiger partial charge is 0.271 e. The van der Waals surface area contributed by atoms with E-state index >= 15 is 0 Å². The van der Waals surface area contributed by atoms with E-state index in [-0.39, 0.29) is 6.04 Å². The Balaban J connectivity index is 2.15. The van der Waals surface area contributed by atoms with Crippen LogP contribution in [0.3, 0.4) is 0 Å². The van der Waals surface area contributed by atoms with E-state index in [4.69, 9.17) is 5.84 Å². The van der Waals surface area contributed by atoms with Crippen molar-refractivity contribution in [3.63, 3.8) is 0 Å². The number of aryl methyl sites for hydroxylation is 2. The molecule has 3 nitrogen and oxygen atoms in total. The van der Waals surface area contributed by atoms with Gasteiger partial charge in [0.15, 0.2) is 0 Å². The Morgan fingerprint density at radius 1 is 1.53 bits per heavy atom. The Labute approximate surface area is 117 Å². The molecule has 3 N–H and O–H groups in total. The van der Waals surface area contributed by atoms with Gasteiger partial charge in [0.05, 0.1) is 16.7 Å². The predicted octanol–water partition coefficient (Wildman–Crippen LogP) is 3.33. The molecule has 0 aliphatic rings. The second-order valence-electron chi connectivity index (χ2n) is 3.84. The molecule has 0 aromatic carbocycles. The number of nitrogens with one attached hydrogen (secondary N) is 1. The topological polar surface area (TPSA) is 50.9 Å². The third-order valence-electron chi connectivity index (χ3n) is 2.58. The van der Waals surface area contributed by atoms with Crippen LogP contribution in [-0.2, 0) is 6.42 Å². The fraction of sp³-hybridized carbons (Fsp3) is 0.364. The summed E-state index contributed by atoms with van der Waals surface area (Å²) in [7, 11) is 0. The van der Waals surface area contributed by atoms with Crippen molar-refractivity contribution in [3.05, 3.63) is 36.4 Å². The highest BCUT2D eigenvalue weighted by Crippen LogP contribution is 2.29. The summed E-state index contributed by atoms with van der Waals surface area (Å²) >= 11 is 6.91. The minimum Gasteiger partial charge on any atom is -0.271 e. The number of rotatable bonds is 4. The van der Waals surface area contributed by atoms with Gasteiger partial charge in [0.2, 0.25) is 0 Å². The molecule has 0 spiro atoms. The van der Waals surface area contributed by atoms with Gasteiger partial charge < -0.3 is 0 Å². The van der Waals surface area contributed by atoms with Crippen molar-refractivity contribution in [2.24, 2.45) is 5.84 Å².